The second-order valence-corrected chi connectivity index (χ2v) is 5.51. The molecule has 1 aliphatic rings. The molecule has 1 aliphatic heterocycles. The van der Waals surface area contributed by atoms with Crippen LogP contribution in [-0.4, -0.2) is 14.7 Å². The van der Waals surface area contributed by atoms with E-state index in [1.807, 2.05) is 6.20 Å². The van der Waals surface area contributed by atoms with E-state index < -0.39 is 0 Å². The summed E-state index contributed by atoms with van der Waals surface area (Å²) in [5.74, 6) is 1.01. The molecule has 0 fully saturated rings. The minimum atomic E-state index is -0.337. The van der Waals surface area contributed by atoms with Crippen LogP contribution >= 0.6 is 11.3 Å². The third-order valence-corrected chi connectivity index (χ3v) is 4.04. The van der Waals surface area contributed by atoms with Crippen LogP contribution in [-0.2, 0) is 6.54 Å². The smallest absolute Gasteiger partial charge is 0.150 e. The average Bonchev–Trinajstić information content (AvgIpc) is 2.84. The average molecular weight is 234 g/mol. The van der Waals surface area contributed by atoms with Gasteiger partial charge in [-0.05, 0) is 31.9 Å². The van der Waals surface area contributed by atoms with E-state index in [9.17, 15) is 5.11 Å². The highest BCUT2D eigenvalue weighted by molar-refractivity contribution is 7.15. The fourth-order valence-electron chi connectivity index (χ4n) is 2.23. The van der Waals surface area contributed by atoms with Crippen LogP contribution in [0.5, 0.6) is 0 Å². The Labute approximate surface area is 98.4 Å². The molecule has 0 spiro atoms. The molecule has 3 rings (SSSR count). The monoisotopic (exact) mass is 234 g/mol. The van der Waals surface area contributed by atoms with Crippen LogP contribution in [0, 0.1) is 6.92 Å². The summed E-state index contributed by atoms with van der Waals surface area (Å²) in [5.41, 5.74) is 0.965. The maximum atomic E-state index is 9.87. The summed E-state index contributed by atoms with van der Waals surface area (Å²) in [4.78, 5) is 6.93. The molecule has 2 aromatic heterocycles. The quantitative estimate of drug-likeness (QED) is 0.824. The molecule has 0 amide bonds. The lowest BCUT2D eigenvalue weighted by molar-refractivity contribution is 0.139. The van der Waals surface area contributed by atoms with Crippen LogP contribution in [0.25, 0.3) is 10.7 Å². The standard InChI is InChI=1S/C12H14N2OS/c1-8-4-5-11(16-8)12-13-7-9-10(15)3-2-6-14(9)12/h4-5,7,10,15H,2-3,6H2,1H3. The summed E-state index contributed by atoms with van der Waals surface area (Å²) in [5, 5.41) is 9.87. The SMILES string of the molecule is Cc1ccc(-c2ncc3n2CCCC3O)s1. The van der Waals surface area contributed by atoms with Gasteiger partial charge in [0.05, 0.1) is 22.9 Å². The number of rotatable bonds is 1. The molecule has 84 valence electrons. The Morgan fingerprint density at radius 1 is 1.50 bits per heavy atom. The first-order valence-electron chi connectivity index (χ1n) is 5.56. The Bertz CT molecular complexity index is 515. The number of imidazole rings is 1. The number of aliphatic hydroxyl groups excluding tert-OH is 1. The molecule has 4 heteroatoms. The number of nitrogens with zero attached hydrogens (tertiary/aromatic N) is 2. The molecule has 1 N–H and O–H groups in total. The van der Waals surface area contributed by atoms with E-state index in [4.69, 9.17) is 0 Å². The summed E-state index contributed by atoms with van der Waals surface area (Å²) >= 11 is 1.75. The number of aryl methyl sites for hydroxylation is 1. The lowest BCUT2D eigenvalue weighted by atomic mass is 10.1. The van der Waals surface area contributed by atoms with Crippen LogP contribution in [0.2, 0.25) is 0 Å². The minimum absolute atomic E-state index is 0.337. The van der Waals surface area contributed by atoms with Crippen molar-refractivity contribution < 1.29 is 5.11 Å². The Hall–Kier alpha value is -1.13. The molecule has 0 bridgehead atoms. The van der Waals surface area contributed by atoms with Crippen LogP contribution in [0.1, 0.15) is 29.5 Å². The zero-order valence-corrected chi connectivity index (χ0v) is 10.00. The van der Waals surface area contributed by atoms with Crippen LogP contribution < -0.4 is 0 Å². The topological polar surface area (TPSA) is 38.0 Å². The normalized spacial score (nSPS) is 19.8. The summed E-state index contributed by atoms with van der Waals surface area (Å²) in [6.07, 6.45) is 3.36. The van der Waals surface area contributed by atoms with E-state index in [0.29, 0.717) is 0 Å². The predicted octanol–water partition coefficient (Wildman–Crippen LogP) is 2.75. The lowest BCUT2D eigenvalue weighted by Crippen LogP contribution is -2.15. The van der Waals surface area contributed by atoms with E-state index >= 15 is 0 Å². The molecular weight excluding hydrogens is 220 g/mol. The highest BCUT2D eigenvalue weighted by atomic mass is 32.1. The summed E-state index contributed by atoms with van der Waals surface area (Å²) in [6, 6.07) is 4.22. The van der Waals surface area contributed by atoms with Gasteiger partial charge < -0.3 is 9.67 Å². The molecular formula is C12H14N2OS. The van der Waals surface area contributed by atoms with Crippen LogP contribution in [0.15, 0.2) is 18.3 Å². The summed E-state index contributed by atoms with van der Waals surface area (Å²) in [7, 11) is 0. The van der Waals surface area contributed by atoms with Crippen molar-refractivity contribution in [3.63, 3.8) is 0 Å². The highest BCUT2D eigenvalue weighted by Gasteiger charge is 2.22. The zero-order valence-electron chi connectivity index (χ0n) is 9.18. The third kappa shape index (κ3) is 1.49. The molecule has 0 aromatic carbocycles. The molecule has 0 radical (unpaired) electrons. The Kier molecular flexibility index (Phi) is 2.33. The molecule has 0 saturated carbocycles. The van der Waals surface area contributed by atoms with Crippen molar-refractivity contribution in [2.45, 2.75) is 32.4 Å². The lowest BCUT2D eigenvalue weighted by Gasteiger charge is -2.20. The summed E-state index contributed by atoms with van der Waals surface area (Å²) in [6.45, 7) is 3.07. The van der Waals surface area contributed by atoms with Crippen molar-refractivity contribution in [1.82, 2.24) is 9.55 Å². The van der Waals surface area contributed by atoms with Crippen LogP contribution in [0.3, 0.4) is 0 Å². The maximum absolute atomic E-state index is 9.87. The maximum Gasteiger partial charge on any atom is 0.150 e. The first-order valence-corrected chi connectivity index (χ1v) is 6.37. The molecule has 1 atom stereocenters. The molecule has 0 aliphatic carbocycles. The van der Waals surface area contributed by atoms with Gasteiger partial charge in [0.25, 0.3) is 0 Å². The fraction of sp³-hybridized carbons (Fsp3) is 0.417. The van der Waals surface area contributed by atoms with Gasteiger partial charge in [0, 0.05) is 11.4 Å². The first-order chi connectivity index (χ1) is 7.75. The Balaban J connectivity index is 2.09. The van der Waals surface area contributed by atoms with E-state index in [-0.39, 0.29) is 6.10 Å². The van der Waals surface area contributed by atoms with E-state index in [1.54, 1.807) is 11.3 Å². The van der Waals surface area contributed by atoms with Gasteiger partial charge in [0.15, 0.2) is 0 Å². The van der Waals surface area contributed by atoms with Gasteiger partial charge in [0.1, 0.15) is 5.82 Å². The molecule has 1 unspecified atom stereocenters. The fourth-order valence-corrected chi connectivity index (χ4v) is 3.11. The highest BCUT2D eigenvalue weighted by Crippen LogP contribution is 2.32. The molecule has 16 heavy (non-hydrogen) atoms. The zero-order chi connectivity index (χ0) is 11.1. The van der Waals surface area contributed by atoms with Gasteiger partial charge in [-0.3, -0.25) is 0 Å². The second-order valence-electron chi connectivity index (χ2n) is 4.23. The van der Waals surface area contributed by atoms with Gasteiger partial charge in [-0.1, -0.05) is 0 Å². The number of hydrogen-bond donors (Lipinski definition) is 1. The van der Waals surface area contributed by atoms with Crippen molar-refractivity contribution in [2.75, 3.05) is 0 Å². The third-order valence-electron chi connectivity index (χ3n) is 3.05. The van der Waals surface area contributed by atoms with Gasteiger partial charge in [-0.2, -0.15) is 0 Å². The van der Waals surface area contributed by atoms with E-state index in [0.717, 1.165) is 30.9 Å². The minimum Gasteiger partial charge on any atom is -0.387 e. The molecule has 3 nitrogen and oxygen atoms in total. The molecule has 2 aromatic rings. The number of aromatic nitrogens is 2. The largest absolute Gasteiger partial charge is 0.387 e. The number of thiophene rings is 1. The van der Waals surface area contributed by atoms with E-state index in [1.165, 1.54) is 9.75 Å². The predicted molar refractivity (Wildman–Crippen MR) is 64.5 cm³/mol. The van der Waals surface area contributed by atoms with Gasteiger partial charge in [-0.15, -0.1) is 11.3 Å². The molecule has 0 saturated heterocycles. The van der Waals surface area contributed by atoms with Crippen molar-refractivity contribution in [1.29, 1.82) is 0 Å². The van der Waals surface area contributed by atoms with Gasteiger partial charge >= 0.3 is 0 Å². The molecule has 3 heterocycles. The Morgan fingerprint density at radius 3 is 3.12 bits per heavy atom. The van der Waals surface area contributed by atoms with Crippen molar-refractivity contribution in [3.05, 3.63) is 28.9 Å². The van der Waals surface area contributed by atoms with Crippen molar-refractivity contribution in [3.8, 4) is 10.7 Å². The first kappa shape index (κ1) is 10.1. The second kappa shape index (κ2) is 3.71. The van der Waals surface area contributed by atoms with Crippen molar-refractivity contribution in [2.24, 2.45) is 0 Å². The number of aliphatic hydroxyl groups is 1. The van der Waals surface area contributed by atoms with Gasteiger partial charge in [0.2, 0.25) is 0 Å². The Morgan fingerprint density at radius 2 is 2.38 bits per heavy atom. The number of fused-ring (bicyclic) bond motifs is 1. The van der Waals surface area contributed by atoms with E-state index in [2.05, 4.69) is 28.6 Å². The van der Waals surface area contributed by atoms with Crippen LogP contribution in [0.4, 0.5) is 0 Å². The number of hydrogen-bond acceptors (Lipinski definition) is 3. The summed E-state index contributed by atoms with van der Waals surface area (Å²) < 4.78 is 2.15. The van der Waals surface area contributed by atoms with Crippen molar-refractivity contribution >= 4 is 11.3 Å². The van der Waals surface area contributed by atoms with Gasteiger partial charge in [-0.25, -0.2) is 4.98 Å².